The Morgan fingerprint density at radius 3 is 2.68 bits per heavy atom. The number of hydrogen-bond acceptors (Lipinski definition) is 3. The third-order valence-electron chi connectivity index (χ3n) is 4.09. The van der Waals surface area contributed by atoms with Gasteiger partial charge in [0.25, 0.3) is 0 Å². The fourth-order valence-electron chi connectivity index (χ4n) is 2.96. The van der Waals surface area contributed by atoms with E-state index in [1.807, 2.05) is 11.6 Å². The van der Waals surface area contributed by atoms with Crippen molar-refractivity contribution < 1.29 is 4.39 Å². The second kappa shape index (κ2) is 6.05. The highest BCUT2D eigenvalue weighted by molar-refractivity contribution is 9.10. The van der Waals surface area contributed by atoms with Gasteiger partial charge in [-0.05, 0) is 25.0 Å². The number of aryl methyl sites for hydroxylation is 1. The van der Waals surface area contributed by atoms with Crippen LogP contribution in [0.3, 0.4) is 0 Å². The molecule has 1 aromatic heterocycles. The normalized spacial score (nSPS) is 15.8. The maximum atomic E-state index is 13.9. The number of aromatic nitrogens is 3. The third-order valence-corrected chi connectivity index (χ3v) is 4.73. The molecular weight excluding hydrogens is 349 g/mol. The predicted molar refractivity (Wildman–Crippen MR) is 85.6 cm³/mol. The van der Waals surface area contributed by atoms with Crippen molar-refractivity contribution >= 4 is 27.3 Å². The first kappa shape index (κ1) is 15.0. The minimum absolute atomic E-state index is 0.0893. The van der Waals surface area contributed by atoms with E-state index in [-0.39, 0.29) is 5.69 Å². The molecule has 114 valence electrons. The Hall–Kier alpha value is -1.94. The summed E-state index contributed by atoms with van der Waals surface area (Å²) >= 11 is 3.44. The van der Waals surface area contributed by atoms with Crippen molar-refractivity contribution in [1.82, 2.24) is 14.8 Å². The lowest BCUT2D eigenvalue weighted by molar-refractivity contribution is 0.474. The summed E-state index contributed by atoms with van der Waals surface area (Å²) in [4.78, 5) is 5.44. The van der Waals surface area contributed by atoms with E-state index < -0.39 is 5.82 Å². The molecular formula is C15H15BrFN5. The molecule has 1 aliphatic rings. The summed E-state index contributed by atoms with van der Waals surface area (Å²) in [7, 11) is 1.95. The van der Waals surface area contributed by atoms with Crippen molar-refractivity contribution in [1.29, 1.82) is 0 Å². The standard InChI is InChI=1S/C15H15BrFN5/c1-18-13-12(17)4-3-11(16)14(13)22-7-5-10(6-8-22)15-20-19-9-21(15)2/h3-4,9-10H,5-8H2,2H3. The molecule has 5 nitrogen and oxygen atoms in total. The molecule has 0 aliphatic carbocycles. The molecule has 1 saturated heterocycles. The number of rotatable bonds is 2. The van der Waals surface area contributed by atoms with Crippen LogP contribution in [0.15, 0.2) is 22.9 Å². The minimum Gasteiger partial charge on any atom is -0.379 e. The SMILES string of the molecule is [C-]#[N+]c1c(F)ccc(Br)c1N1CCC(c2nncn2C)CC1. The van der Waals surface area contributed by atoms with E-state index in [0.29, 0.717) is 11.6 Å². The number of benzene rings is 1. The Bertz CT molecular complexity index is 728. The molecule has 0 spiro atoms. The summed E-state index contributed by atoms with van der Waals surface area (Å²) in [6, 6.07) is 2.99. The predicted octanol–water partition coefficient (Wildman–Crippen LogP) is 3.65. The van der Waals surface area contributed by atoms with E-state index in [0.717, 1.165) is 36.2 Å². The van der Waals surface area contributed by atoms with Crippen LogP contribution in [0.5, 0.6) is 0 Å². The van der Waals surface area contributed by atoms with Gasteiger partial charge < -0.3 is 9.47 Å². The first-order valence-electron chi connectivity index (χ1n) is 7.06. The van der Waals surface area contributed by atoms with Gasteiger partial charge in [0, 0.05) is 30.5 Å². The van der Waals surface area contributed by atoms with E-state index >= 15 is 0 Å². The second-order valence-corrected chi connectivity index (χ2v) is 6.25. The molecule has 1 aromatic carbocycles. The fourth-order valence-corrected chi connectivity index (χ4v) is 3.53. The Balaban J connectivity index is 1.82. The van der Waals surface area contributed by atoms with Gasteiger partial charge in [-0.1, -0.05) is 15.9 Å². The maximum Gasteiger partial charge on any atom is 0.245 e. The molecule has 1 aliphatic heterocycles. The average Bonchev–Trinajstić information content (AvgIpc) is 2.95. The molecule has 0 amide bonds. The van der Waals surface area contributed by atoms with Crippen LogP contribution in [-0.2, 0) is 7.05 Å². The quantitative estimate of drug-likeness (QED) is 0.764. The molecule has 0 bridgehead atoms. The number of anilines is 1. The van der Waals surface area contributed by atoms with Crippen molar-refractivity contribution in [2.45, 2.75) is 18.8 Å². The zero-order valence-corrected chi connectivity index (χ0v) is 13.7. The number of hydrogen-bond donors (Lipinski definition) is 0. The van der Waals surface area contributed by atoms with E-state index in [2.05, 4.69) is 35.9 Å². The molecule has 0 unspecified atom stereocenters. The van der Waals surface area contributed by atoms with Gasteiger partial charge in [-0.15, -0.1) is 10.2 Å². The molecule has 0 atom stereocenters. The highest BCUT2D eigenvalue weighted by atomic mass is 79.9. The smallest absolute Gasteiger partial charge is 0.245 e. The van der Waals surface area contributed by atoms with Crippen molar-refractivity contribution in [2.75, 3.05) is 18.0 Å². The molecule has 2 aromatic rings. The van der Waals surface area contributed by atoms with Crippen LogP contribution in [-0.4, -0.2) is 27.9 Å². The first-order valence-corrected chi connectivity index (χ1v) is 7.85. The van der Waals surface area contributed by atoms with Crippen molar-refractivity contribution in [3.8, 4) is 0 Å². The van der Waals surface area contributed by atoms with Crippen molar-refractivity contribution in [3.05, 3.63) is 46.0 Å². The van der Waals surface area contributed by atoms with Gasteiger partial charge >= 0.3 is 0 Å². The van der Waals surface area contributed by atoms with E-state index in [1.165, 1.54) is 6.07 Å². The molecule has 0 N–H and O–H groups in total. The van der Waals surface area contributed by atoms with Crippen LogP contribution in [0.2, 0.25) is 0 Å². The number of piperidine rings is 1. The zero-order chi connectivity index (χ0) is 15.7. The monoisotopic (exact) mass is 363 g/mol. The molecule has 3 rings (SSSR count). The topological polar surface area (TPSA) is 38.3 Å². The van der Waals surface area contributed by atoms with Gasteiger partial charge in [-0.3, -0.25) is 0 Å². The van der Waals surface area contributed by atoms with E-state index in [4.69, 9.17) is 6.57 Å². The Kier molecular flexibility index (Phi) is 4.12. The van der Waals surface area contributed by atoms with E-state index in [1.54, 1.807) is 12.4 Å². The average molecular weight is 364 g/mol. The molecule has 0 radical (unpaired) electrons. The molecule has 2 heterocycles. The summed E-state index contributed by atoms with van der Waals surface area (Å²) in [5.74, 6) is 0.875. The highest BCUT2D eigenvalue weighted by Gasteiger charge is 2.27. The zero-order valence-electron chi connectivity index (χ0n) is 12.1. The van der Waals surface area contributed by atoms with E-state index in [9.17, 15) is 4.39 Å². The van der Waals surface area contributed by atoms with Crippen LogP contribution >= 0.6 is 15.9 Å². The largest absolute Gasteiger partial charge is 0.379 e. The summed E-state index contributed by atoms with van der Waals surface area (Å²) < 4.78 is 16.6. The third kappa shape index (κ3) is 2.59. The summed E-state index contributed by atoms with van der Waals surface area (Å²) in [6.45, 7) is 8.77. The van der Waals surface area contributed by atoms with Gasteiger partial charge in [0.1, 0.15) is 18.0 Å². The molecule has 7 heteroatoms. The Morgan fingerprint density at radius 2 is 2.09 bits per heavy atom. The Labute approximate surface area is 136 Å². The summed E-state index contributed by atoms with van der Waals surface area (Å²) in [5.41, 5.74) is 0.748. The van der Waals surface area contributed by atoms with Gasteiger partial charge in [0.05, 0.1) is 12.3 Å². The first-order chi connectivity index (χ1) is 10.6. The Morgan fingerprint density at radius 1 is 1.36 bits per heavy atom. The van der Waals surface area contributed by atoms with Gasteiger partial charge in [-0.2, -0.15) is 0 Å². The fraction of sp³-hybridized carbons (Fsp3) is 0.400. The van der Waals surface area contributed by atoms with Crippen molar-refractivity contribution in [3.63, 3.8) is 0 Å². The molecule has 1 fully saturated rings. The minimum atomic E-state index is -0.469. The molecule has 22 heavy (non-hydrogen) atoms. The van der Waals surface area contributed by atoms with Crippen LogP contribution in [0.25, 0.3) is 4.85 Å². The maximum absolute atomic E-state index is 13.9. The van der Waals surface area contributed by atoms with Gasteiger partial charge in [0.15, 0.2) is 0 Å². The van der Waals surface area contributed by atoms with Crippen LogP contribution in [0.4, 0.5) is 15.8 Å². The summed E-state index contributed by atoms with van der Waals surface area (Å²) in [5, 5.41) is 8.11. The lowest BCUT2D eigenvalue weighted by atomic mass is 9.95. The number of halogens is 2. The lowest BCUT2D eigenvalue weighted by Crippen LogP contribution is -2.34. The second-order valence-electron chi connectivity index (χ2n) is 5.40. The highest BCUT2D eigenvalue weighted by Crippen LogP contribution is 2.41. The van der Waals surface area contributed by atoms with Gasteiger partial charge in [-0.25, -0.2) is 9.24 Å². The van der Waals surface area contributed by atoms with Crippen LogP contribution in [0, 0.1) is 12.4 Å². The number of nitrogens with zero attached hydrogens (tertiary/aromatic N) is 5. The van der Waals surface area contributed by atoms with Crippen molar-refractivity contribution in [2.24, 2.45) is 7.05 Å². The summed E-state index contributed by atoms with van der Waals surface area (Å²) in [6.07, 6.45) is 3.53. The van der Waals surface area contributed by atoms with Crippen LogP contribution in [0.1, 0.15) is 24.6 Å². The van der Waals surface area contributed by atoms with Crippen LogP contribution < -0.4 is 4.90 Å². The van der Waals surface area contributed by atoms with Gasteiger partial charge in [0.2, 0.25) is 5.69 Å². The lowest BCUT2D eigenvalue weighted by Gasteiger charge is -2.34. The molecule has 0 saturated carbocycles.